The molecule has 0 unspecified atom stereocenters. The number of rotatable bonds is 1. The zero-order chi connectivity index (χ0) is 6.53. The minimum Gasteiger partial charge on any atom is -0.392 e. The summed E-state index contributed by atoms with van der Waals surface area (Å²) in [5.74, 6) is 0. The van der Waals surface area contributed by atoms with E-state index in [2.05, 4.69) is 5.73 Å². The van der Waals surface area contributed by atoms with Crippen molar-refractivity contribution in [3.63, 3.8) is 0 Å². The molecule has 0 heterocycles. The molecule has 0 aliphatic heterocycles. The average Bonchev–Trinajstić information content (AvgIpc) is 2.34. The molecule has 0 aromatic rings. The molecule has 0 spiro atoms. The van der Waals surface area contributed by atoms with Gasteiger partial charge in [0.1, 0.15) is 0 Å². The Morgan fingerprint density at radius 1 is 1.44 bits per heavy atom. The lowest BCUT2D eigenvalue weighted by molar-refractivity contribution is 0.343. The van der Waals surface area contributed by atoms with Crippen LogP contribution in [0.3, 0.4) is 0 Å². The van der Waals surface area contributed by atoms with E-state index < -0.39 is 0 Å². The molecule has 1 nitrogen and oxygen atoms in total. The number of aliphatic hydroxyl groups excluding tert-OH is 1. The summed E-state index contributed by atoms with van der Waals surface area (Å²) < 4.78 is 0. The molecule has 0 aromatic heterocycles. The molecule has 1 rings (SSSR count). The van der Waals surface area contributed by atoms with Gasteiger partial charge in [0.25, 0.3) is 0 Å². The fourth-order valence-electron chi connectivity index (χ4n) is 1.14. The molecule has 1 heteroatoms. The van der Waals surface area contributed by atoms with E-state index in [0.29, 0.717) is 0 Å². The lowest BCUT2D eigenvalue weighted by Crippen LogP contribution is -1.70. The maximum Gasteiger partial charge on any atom is 0.0686 e. The maximum atomic E-state index is 8.40. The van der Waals surface area contributed by atoms with Gasteiger partial charge in [-0.15, -0.1) is 5.73 Å². The van der Waals surface area contributed by atoms with Crippen LogP contribution in [0.5, 0.6) is 0 Å². The monoisotopic (exact) mass is 124 g/mol. The fraction of sp³-hybridized carbons (Fsp3) is 0.625. The van der Waals surface area contributed by atoms with Gasteiger partial charge in [0.05, 0.1) is 6.61 Å². The summed E-state index contributed by atoms with van der Waals surface area (Å²) in [6, 6.07) is 0. The van der Waals surface area contributed by atoms with Gasteiger partial charge in [-0.25, -0.2) is 0 Å². The van der Waals surface area contributed by atoms with Gasteiger partial charge < -0.3 is 5.11 Å². The van der Waals surface area contributed by atoms with Gasteiger partial charge >= 0.3 is 0 Å². The normalized spacial score (nSPS) is 17.7. The Bertz CT molecular complexity index is 133. The lowest BCUT2D eigenvalue weighted by Gasteiger charge is -1.83. The van der Waals surface area contributed by atoms with E-state index in [1.165, 1.54) is 31.3 Å². The van der Waals surface area contributed by atoms with E-state index in [1.54, 1.807) is 6.08 Å². The Kier molecular flexibility index (Phi) is 2.56. The van der Waals surface area contributed by atoms with E-state index in [1.807, 2.05) is 0 Å². The van der Waals surface area contributed by atoms with E-state index in [-0.39, 0.29) is 6.61 Å². The summed E-state index contributed by atoms with van der Waals surface area (Å²) in [5, 5.41) is 8.40. The molecule has 1 aliphatic carbocycles. The Morgan fingerprint density at radius 2 is 2.11 bits per heavy atom. The molecule has 1 N–H and O–H groups in total. The van der Waals surface area contributed by atoms with Crippen LogP contribution >= 0.6 is 0 Å². The highest BCUT2D eigenvalue weighted by Gasteiger charge is 2.03. The molecule has 1 saturated carbocycles. The van der Waals surface area contributed by atoms with Gasteiger partial charge in [-0.2, -0.15) is 0 Å². The molecule has 0 aromatic carbocycles. The van der Waals surface area contributed by atoms with Crippen molar-refractivity contribution in [2.45, 2.75) is 25.7 Å². The second kappa shape index (κ2) is 3.49. The minimum atomic E-state index is 0.128. The third kappa shape index (κ3) is 2.05. The van der Waals surface area contributed by atoms with E-state index in [4.69, 9.17) is 5.11 Å². The second-order valence-corrected chi connectivity index (χ2v) is 2.34. The highest BCUT2D eigenvalue weighted by Crippen LogP contribution is 2.21. The SMILES string of the molecule is OCC=C=C1CCCC1. The fourth-order valence-corrected chi connectivity index (χ4v) is 1.14. The number of hydrogen-bond acceptors (Lipinski definition) is 1. The van der Waals surface area contributed by atoms with Crippen LogP contribution in [0.2, 0.25) is 0 Å². The topological polar surface area (TPSA) is 20.2 Å². The van der Waals surface area contributed by atoms with Gasteiger partial charge in [-0.05, 0) is 37.3 Å². The van der Waals surface area contributed by atoms with Gasteiger partial charge in [-0.3, -0.25) is 0 Å². The van der Waals surface area contributed by atoms with Crippen molar-refractivity contribution in [3.05, 3.63) is 17.4 Å². The van der Waals surface area contributed by atoms with Crippen LogP contribution in [-0.4, -0.2) is 11.7 Å². The van der Waals surface area contributed by atoms with Gasteiger partial charge in [0.2, 0.25) is 0 Å². The Hall–Kier alpha value is -0.520. The Morgan fingerprint density at radius 3 is 2.67 bits per heavy atom. The van der Waals surface area contributed by atoms with Crippen molar-refractivity contribution >= 4 is 0 Å². The molecule has 9 heavy (non-hydrogen) atoms. The Labute approximate surface area is 55.7 Å². The molecule has 1 fully saturated rings. The highest BCUT2D eigenvalue weighted by molar-refractivity contribution is 5.05. The molecule has 50 valence electrons. The van der Waals surface area contributed by atoms with Crippen molar-refractivity contribution in [2.75, 3.05) is 6.61 Å². The summed E-state index contributed by atoms with van der Waals surface area (Å²) >= 11 is 0. The molecular weight excluding hydrogens is 112 g/mol. The first-order chi connectivity index (χ1) is 4.43. The second-order valence-electron chi connectivity index (χ2n) is 2.34. The van der Waals surface area contributed by atoms with Gasteiger partial charge in [0, 0.05) is 0 Å². The summed E-state index contributed by atoms with van der Waals surface area (Å²) in [7, 11) is 0. The highest BCUT2D eigenvalue weighted by atomic mass is 16.2. The lowest BCUT2D eigenvalue weighted by atomic mass is 10.2. The first-order valence-electron chi connectivity index (χ1n) is 3.47. The minimum absolute atomic E-state index is 0.128. The number of aliphatic hydroxyl groups is 1. The average molecular weight is 124 g/mol. The van der Waals surface area contributed by atoms with Crippen LogP contribution < -0.4 is 0 Å². The largest absolute Gasteiger partial charge is 0.392 e. The van der Waals surface area contributed by atoms with Crippen molar-refractivity contribution in [1.82, 2.24) is 0 Å². The van der Waals surface area contributed by atoms with Crippen molar-refractivity contribution < 1.29 is 5.11 Å². The molecule has 0 atom stereocenters. The van der Waals surface area contributed by atoms with E-state index in [0.717, 1.165) is 0 Å². The summed E-state index contributed by atoms with van der Waals surface area (Å²) in [4.78, 5) is 0. The Balaban J connectivity index is 2.48. The van der Waals surface area contributed by atoms with Crippen molar-refractivity contribution in [3.8, 4) is 0 Å². The molecule has 1 aliphatic rings. The molecule has 0 bridgehead atoms. The van der Waals surface area contributed by atoms with Crippen LogP contribution in [0.4, 0.5) is 0 Å². The van der Waals surface area contributed by atoms with Crippen LogP contribution in [0.15, 0.2) is 17.4 Å². The molecular formula is C8H12O. The summed E-state index contributed by atoms with van der Waals surface area (Å²) in [6.07, 6.45) is 6.69. The zero-order valence-electron chi connectivity index (χ0n) is 5.56. The molecule has 0 radical (unpaired) electrons. The third-order valence-corrected chi connectivity index (χ3v) is 1.60. The molecule has 0 amide bonds. The first-order valence-corrected chi connectivity index (χ1v) is 3.47. The van der Waals surface area contributed by atoms with Gasteiger partial charge in [-0.1, -0.05) is 0 Å². The predicted molar refractivity (Wildman–Crippen MR) is 37.1 cm³/mol. The molecule has 0 saturated heterocycles. The standard InChI is InChI=1S/C8H12O/c9-7-3-6-8-4-1-2-5-8/h3,9H,1-2,4-5,7H2. The quantitative estimate of drug-likeness (QED) is 0.527. The zero-order valence-corrected chi connectivity index (χ0v) is 5.56. The number of hydrogen-bond donors (Lipinski definition) is 1. The van der Waals surface area contributed by atoms with Crippen LogP contribution in [0, 0.1) is 0 Å². The van der Waals surface area contributed by atoms with Crippen molar-refractivity contribution in [1.29, 1.82) is 0 Å². The summed E-state index contributed by atoms with van der Waals surface area (Å²) in [6.45, 7) is 0.128. The smallest absolute Gasteiger partial charge is 0.0686 e. The van der Waals surface area contributed by atoms with E-state index >= 15 is 0 Å². The van der Waals surface area contributed by atoms with E-state index in [9.17, 15) is 0 Å². The summed E-state index contributed by atoms with van der Waals surface area (Å²) in [5.41, 5.74) is 4.45. The predicted octanol–water partition coefficient (Wildman–Crippen LogP) is 1.63. The van der Waals surface area contributed by atoms with Crippen molar-refractivity contribution in [2.24, 2.45) is 0 Å². The first kappa shape index (κ1) is 6.60. The van der Waals surface area contributed by atoms with Crippen LogP contribution in [-0.2, 0) is 0 Å². The third-order valence-electron chi connectivity index (χ3n) is 1.60. The van der Waals surface area contributed by atoms with Gasteiger partial charge in [0.15, 0.2) is 0 Å². The van der Waals surface area contributed by atoms with Crippen LogP contribution in [0.1, 0.15) is 25.7 Å². The maximum absolute atomic E-state index is 8.40. The van der Waals surface area contributed by atoms with Crippen LogP contribution in [0.25, 0.3) is 0 Å².